The van der Waals surface area contributed by atoms with Crippen molar-refractivity contribution in [1.82, 2.24) is 14.8 Å². The van der Waals surface area contributed by atoms with Gasteiger partial charge in [0.15, 0.2) is 5.78 Å². The Morgan fingerprint density at radius 3 is 2.41 bits per heavy atom. The van der Waals surface area contributed by atoms with Gasteiger partial charge in [0, 0.05) is 17.0 Å². The van der Waals surface area contributed by atoms with E-state index in [9.17, 15) is 27.6 Å². The molecule has 1 aromatic rings. The highest BCUT2D eigenvalue weighted by Gasteiger charge is 2.52. The van der Waals surface area contributed by atoms with Crippen LogP contribution in [0.5, 0.6) is 0 Å². The van der Waals surface area contributed by atoms with Crippen LogP contribution in [-0.2, 0) is 11.3 Å². The Morgan fingerprint density at radius 2 is 1.83 bits per heavy atom. The predicted octanol–water partition coefficient (Wildman–Crippen LogP) is 3.74. The first kappa shape index (κ1) is 21.4. The number of amides is 3. The molecule has 3 rings (SSSR count). The van der Waals surface area contributed by atoms with E-state index in [-0.39, 0.29) is 17.2 Å². The summed E-state index contributed by atoms with van der Waals surface area (Å²) in [5, 5.41) is 2.75. The second-order valence-corrected chi connectivity index (χ2v) is 8.27. The number of carbonyl (C=O) groups excluding carboxylic acids is 3. The average Bonchev–Trinajstić information content (AvgIpc) is 3.04. The number of aryl methyl sites for hydroxylation is 1. The standard InChI is InChI=1S/C20H26F3N3O3/c1-12-9-15(13(2)26(12)11-20(21,22)23)16(27)10-25-17(28)19(3,24-18(25)29)14-7-5-4-6-8-14/h9,14H,4-8,10-11H2,1-3H3,(H,24,29)/t19-/m0/s1. The third kappa shape index (κ3) is 4.04. The van der Waals surface area contributed by atoms with Crippen LogP contribution in [0.1, 0.15) is 60.8 Å². The summed E-state index contributed by atoms with van der Waals surface area (Å²) < 4.78 is 39.4. The van der Waals surface area contributed by atoms with E-state index in [0.29, 0.717) is 5.69 Å². The fourth-order valence-corrected chi connectivity index (χ4v) is 4.55. The number of Topliss-reactive ketones (excluding diaryl/α,β-unsaturated/α-hetero) is 1. The number of alkyl halides is 3. The fourth-order valence-electron chi connectivity index (χ4n) is 4.55. The Kier molecular flexibility index (Phi) is 5.53. The SMILES string of the molecule is Cc1cc(C(=O)CN2C(=O)N[C@@](C)(C3CCCCC3)C2=O)c(C)n1CC(F)(F)F. The number of halogens is 3. The highest BCUT2D eigenvalue weighted by atomic mass is 19.4. The molecule has 2 fully saturated rings. The van der Waals surface area contributed by atoms with Crippen molar-refractivity contribution in [2.45, 2.75) is 71.1 Å². The first-order valence-corrected chi connectivity index (χ1v) is 9.85. The number of urea groups is 1. The van der Waals surface area contributed by atoms with Crippen LogP contribution in [0.4, 0.5) is 18.0 Å². The van der Waals surface area contributed by atoms with Gasteiger partial charge in [-0.15, -0.1) is 0 Å². The van der Waals surface area contributed by atoms with E-state index in [2.05, 4.69) is 5.32 Å². The van der Waals surface area contributed by atoms with Crippen molar-refractivity contribution >= 4 is 17.7 Å². The third-order valence-corrected chi connectivity index (χ3v) is 6.24. The zero-order chi connectivity index (χ0) is 21.6. The van der Waals surface area contributed by atoms with E-state index in [0.717, 1.165) is 41.6 Å². The molecular formula is C20H26F3N3O3. The summed E-state index contributed by atoms with van der Waals surface area (Å²) >= 11 is 0. The number of nitrogens with one attached hydrogen (secondary N) is 1. The molecule has 1 aliphatic heterocycles. The maximum Gasteiger partial charge on any atom is 0.406 e. The molecule has 1 aromatic heterocycles. The average molecular weight is 413 g/mol. The highest BCUT2D eigenvalue weighted by Crippen LogP contribution is 2.36. The van der Waals surface area contributed by atoms with Crippen molar-refractivity contribution in [3.8, 4) is 0 Å². The van der Waals surface area contributed by atoms with Crippen molar-refractivity contribution in [1.29, 1.82) is 0 Å². The van der Waals surface area contributed by atoms with Crippen LogP contribution in [0.3, 0.4) is 0 Å². The van der Waals surface area contributed by atoms with Crippen LogP contribution < -0.4 is 5.32 Å². The molecule has 0 aromatic carbocycles. The molecule has 3 amide bonds. The highest BCUT2D eigenvalue weighted by molar-refractivity contribution is 6.11. The van der Waals surface area contributed by atoms with Gasteiger partial charge < -0.3 is 9.88 Å². The van der Waals surface area contributed by atoms with Gasteiger partial charge in [-0.3, -0.25) is 14.5 Å². The third-order valence-electron chi connectivity index (χ3n) is 6.24. The summed E-state index contributed by atoms with van der Waals surface area (Å²) in [4.78, 5) is 39.1. The molecule has 1 atom stereocenters. The van der Waals surface area contributed by atoms with Crippen LogP contribution in [0.15, 0.2) is 6.07 Å². The second-order valence-electron chi connectivity index (χ2n) is 8.27. The molecule has 1 saturated heterocycles. The summed E-state index contributed by atoms with van der Waals surface area (Å²) in [6.45, 7) is 2.94. The number of ketones is 1. The van der Waals surface area contributed by atoms with Crippen LogP contribution in [-0.4, -0.2) is 45.4 Å². The monoisotopic (exact) mass is 413 g/mol. The Morgan fingerprint density at radius 1 is 1.21 bits per heavy atom. The molecule has 0 bridgehead atoms. The number of rotatable bonds is 5. The van der Waals surface area contributed by atoms with Crippen LogP contribution >= 0.6 is 0 Å². The molecule has 0 unspecified atom stereocenters. The smallest absolute Gasteiger partial charge is 0.339 e. The normalized spacial score (nSPS) is 23.6. The van der Waals surface area contributed by atoms with Crippen LogP contribution in [0, 0.1) is 19.8 Å². The summed E-state index contributed by atoms with van der Waals surface area (Å²) in [5.74, 6) is -0.973. The number of nitrogens with zero attached hydrogens (tertiary/aromatic N) is 2. The van der Waals surface area contributed by atoms with E-state index in [4.69, 9.17) is 0 Å². The molecule has 6 nitrogen and oxygen atoms in total. The van der Waals surface area contributed by atoms with Crippen molar-refractivity contribution in [2.24, 2.45) is 5.92 Å². The maximum atomic E-state index is 13.0. The summed E-state index contributed by atoms with van der Waals surface area (Å²) in [5.41, 5.74) is -0.469. The Labute approximate surface area is 167 Å². The van der Waals surface area contributed by atoms with Gasteiger partial charge >= 0.3 is 12.2 Å². The lowest BCUT2D eigenvalue weighted by atomic mass is 9.75. The van der Waals surface area contributed by atoms with Gasteiger partial charge in [-0.2, -0.15) is 13.2 Å². The minimum Gasteiger partial charge on any atom is -0.339 e. The van der Waals surface area contributed by atoms with Gasteiger partial charge in [-0.25, -0.2) is 4.79 Å². The Bertz CT molecular complexity index is 840. The fraction of sp³-hybridized carbons (Fsp3) is 0.650. The van der Waals surface area contributed by atoms with Gasteiger partial charge in [0.2, 0.25) is 0 Å². The zero-order valence-corrected chi connectivity index (χ0v) is 16.9. The molecule has 0 radical (unpaired) electrons. The first-order valence-electron chi connectivity index (χ1n) is 9.85. The van der Waals surface area contributed by atoms with E-state index in [1.807, 2.05) is 0 Å². The zero-order valence-electron chi connectivity index (χ0n) is 16.9. The summed E-state index contributed by atoms with van der Waals surface area (Å²) in [6.07, 6.45) is 0.346. The maximum absolute atomic E-state index is 13.0. The largest absolute Gasteiger partial charge is 0.406 e. The quantitative estimate of drug-likeness (QED) is 0.591. The second kappa shape index (κ2) is 7.50. The van der Waals surface area contributed by atoms with Gasteiger partial charge in [-0.1, -0.05) is 19.3 Å². The van der Waals surface area contributed by atoms with Crippen molar-refractivity contribution in [3.05, 3.63) is 23.0 Å². The Hall–Kier alpha value is -2.32. The molecule has 1 aliphatic carbocycles. The number of imide groups is 1. The predicted molar refractivity (Wildman–Crippen MR) is 99.5 cm³/mol. The number of carbonyl (C=O) groups is 3. The molecule has 1 N–H and O–H groups in total. The van der Waals surface area contributed by atoms with E-state index >= 15 is 0 Å². The molecule has 29 heavy (non-hydrogen) atoms. The topological polar surface area (TPSA) is 71.4 Å². The summed E-state index contributed by atoms with van der Waals surface area (Å²) in [6, 6.07) is 0.753. The van der Waals surface area contributed by atoms with Crippen molar-refractivity contribution in [2.75, 3.05) is 6.54 Å². The van der Waals surface area contributed by atoms with Crippen molar-refractivity contribution < 1.29 is 27.6 Å². The molecule has 9 heteroatoms. The molecule has 1 saturated carbocycles. The van der Waals surface area contributed by atoms with Gasteiger partial charge in [-0.05, 0) is 45.6 Å². The number of hydrogen-bond donors (Lipinski definition) is 1. The molecule has 2 aliphatic rings. The van der Waals surface area contributed by atoms with E-state index < -0.39 is 42.5 Å². The molecule has 2 heterocycles. The Balaban J connectivity index is 1.78. The number of aromatic nitrogens is 1. The lowest BCUT2D eigenvalue weighted by Gasteiger charge is -2.34. The van der Waals surface area contributed by atoms with Crippen LogP contribution in [0.2, 0.25) is 0 Å². The molecular weight excluding hydrogens is 387 g/mol. The minimum absolute atomic E-state index is 0.0182. The lowest BCUT2D eigenvalue weighted by molar-refractivity contribution is -0.141. The number of hydrogen-bond acceptors (Lipinski definition) is 3. The summed E-state index contributed by atoms with van der Waals surface area (Å²) in [7, 11) is 0. The van der Waals surface area contributed by atoms with E-state index in [1.165, 1.54) is 19.9 Å². The van der Waals surface area contributed by atoms with Gasteiger partial charge in [0.1, 0.15) is 12.1 Å². The van der Waals surface area contributed by atoms with E-state index in [1.54, 1.807) is 6.92 Å². The molecule has 0 spiro atoms. The van der Waals surface area contributed by atoms with Gasteiger partial charge in [0.05, 0.1) is 6.54 Å². The van der Waals surface area contributed by atoms with Crippen molar-refractivity contribution in [3.63, 3.8) is 0 Å². The lowest BCUT2D eigenvalue weighted by Crippen LogP contribution is -2.51. The first-order chi connectivity index (χ1) is 13.4. The minimum atomic E-state index is -4.42. The van der Waals surface area contributed by atoms with Gasteiger partial charge in [0.25, 0.3) is 5.91 Å². The molecule has 160 valence electrons. The van der Waals surface area contributed by atoms with Crippen LogP contribution in [0.25, 0.3) is 0 Å².